The average molecular weight is 409 g/mol. The molecule has 1 unspecified atom stereocenters. The molecule has 0 bridgehead atoms. The molecule has 29 heavy (non-hydrogen) atoms. The Bertz CT molecular complexity index is 649. The second-order valence-electron chi connectivity index (χ2n) is 7.23. The van der Waals surface area contributed by atoms with Crippen molar-refractivity contribution in [3.05, 3.63) is 22.1 Å². The fraction of sp³-hybridized carbons (Fsp3) is 0.789. The van der Waals surface area contributed by atoms with Crippen LogP contribution in [0.15, 0.2) is 16.8 Å². The third kappa shape index (κ3) is 6.71. The van der Waals surface area contributed by atoms with Gasteiger partial charge in [-0.3, -0.25) is 9.69 Å². The molecule has 0 aromatic rings. The first-order chi connectivity index (χ1) is 14.0. The molecule has 2 rings (SSSR count). The Hall–Kier alpha value is -2.13. The maximum atomic E-state index is 12.4. The number of ether oxygens (including phenoxy) is 3. The fourth-order valence-electron chi connectivity index (χ4n) is 3.93. The summed E-state index contributed by atoms with van der Waals surface area (Å²) in [6.07, 6.45) is 3.98. The monoisotopic (exact) mass is 409 g/mol. The molecule has 1 amide bonds. The number of hydrogen-bond acceptors (Lipinski definition) is 7. The number of azide groups is 1. The lowest BCUT2D eigenvalue weighted by Crippen LogP contribution is -2.60. The SMILES string of the molecule is CCOC(=O)C1=C[C@@H](N2CCC[C@@H](OCCOC)C2)[C@H](NC(C)=O)C(N=[N+]=[N-])C1. The lowest BCUT2D eigenvalue weighted by molar-refractivity contribution is -0.138. The van der Waals surface area contributed by atoms with Crippen molar-refractivity contribution >= 4 is 11.9 Å². The summed E-state index contributed by atoms with van der Waals surface area (Å²) in [4.78, 5) is 29.3. The van der Waals surface area contributed by atoms with Crippen LogP contribution in [0.4, 0.5) is 0 Å². The van der Waals surface area contributed by atoms with Gasteiger partial charge in [0.1, 0.15) is 0 Å². The first-order valence-corrected chi connectivity index (χ1v) is 10.0. The number of nitrogens with zero attached hydrogens (tertiary/aromatic N) is 4. The van der Waals surface area contributed by atoms with Crippen LogP contribution in [0.2, 0.25) is 0 Å². The summed E-state index contributed by atoms with van der Waals surface area (Å²) in [5, 5.41) is 6.80. The number of rotatable bonds is 9. The van der Waals surface area contributed by atoms with Gasteiger partial charge in [0.25, 0.3) is 0 Å². The highest BCUT2D eigenvalue weighted by molar-refractivity contribution is 5.89. The predicted molar refractivity (Wildman–Crippen MR) is 106 cm³/mol. The number of carbonyl (C=O) groups excluding carboxylic acids is 2. The van der Waals surface area contributed by atoms with E-state index in [2.05, 4.69) is 20.2 Å². The van der Waals surface area contributed by atoms with Gasteiger partial charge in [-0.2, -0.15) is 0 Å². The van der Waals surface area contributed by atoms with Crippen molar-refractivity contribution in [1.29, 1.82) is 0 Å². The Kier molecular flexibility index (Phi) is 9.40. The van der Waals surface area contributed by atoms with Crippen LogP contribution in [-0.2, 0) is 23.8 Å². The smallest absolute Gasteiger partial charge is 0.333 e. The lowest BCUT2D eigenvalue weighted by Gasteiger charge is -2.44. The number of piperidine rings is 1. The van der Waals surface area contributed by atoms with Gasteiger partial charge in [-0.05, 0) is 38.3 Å². The van der Waals surface area contributed by atoms with Gasteiger partial charge in [-0.15, -0.1) is 0 Å². The van der Waals surface area contributed by atoms with Gasteiger partial charge in [-0.1, -0.05) is 11.2 Å². The van der Waals surface area contributed by atoms with Gasteiger partial charge >= 0.3 is 5.97 Å². The molecule has 1 saturated heterocycles. The van der Waals surface area contributed by atoms with Crippen molar-refractivity contribution < 1.29 is 23.8 Å². The highest BCUT2D eigenvalue weighted by Crippen LogP contribution is 2.29. The molecular formula is C19H31N5O5. The van der Waals surface area contributed by atoms with Crippen LogP contribution in [0.5, 0.6) is 0 Å². The highest BCUT2D eigenvalue weighted by Gasteiger charge is 2.40. The van der Waals surface area contributed by atoms with E-state index in [1.807, 2.05) is 6.08 Å². The quantitative estimate of drug-likeness (QED) is 0.202. The van der Waals surface area contributed by atoms with Crippen LogP contribution >= 0.6 is 0 Å². The minimum Gasteiger partial charge on any atom is -0.463 e. The zero-order valence-corrected chi connectivity index (χ0v) is 17.4. The van der Waals surface area contributed by atoms with Gasteiger partial charge in [0.2, 0.25) is 5.91 Å². The van der Waals surface area contributed by atoms with Crippen LogP contribution < -0.4 is 5.32 Å². The van der Waals surface area contributed by atoms with E-state index in [-0.39, 0.29) is 31.1 Å². The van der Waals surface area contributed by atoms with Crippen molar-refractivity contribution in [2.24, 2.45) is 5.11 Å². The van der Waals surface area contributed by atoms with Crippen molar-refractivity contribution in [3.8, 4) is 0 Å². The Morgan fingerprint density at radius 1 is 1.41 bits per heavy atom. The molecule has 1 aliphatic carbocycles. The molecule has 2 aliphatic rings. The van der Waals surface area contributed by atoms with E-state index < -0.39 is 18.1 Å². The molecule has 1 aliphatic heterocycles. The maximum absolute atomic E-state index is 12.4. The summed E-state index contributed by atoms with van der Waals surface area (Å²) in [5.74, 6) is -0.627. The predicted octanol–water partition coefficient (Wildman–Crippen LogP) is 1.56. The zero-order chi connectivity index (χ0) is 21.2. The summed E-state index contributed by atoms with van der Waals surface area (Å²) < 4.78 is 16.1. The Morgan fingerprint density at radius 2 is 2.21 bits per heavy atom. The van der Waals surface area contributed by atoms with Crippen molar-refractivity contribution in [2.75, 3.05) is 40.0 Å². The van der Waals surface area contributed by atoms with Crippen LogP contribution in [0, 0.1) is 0 Å². The van der Waals surface area contributed by atoms with E-state index in [0.29, 0.717) is 25.3 Å². The summed E-state index contributed by atoms with van der Waals surface area (Å²) in [7, 11) is 1.63. The molecule has 1 N–H and O–H groups in total. The molecule has 0 aromatic carbocycles. The molecule has 10 nitrogen and oxygen atoms in total. The second-order valence-corrected chi connectivity index (χ2v) is 7.23. The van der Waals surface area contributed by atoms with E-state index in [1.54, 1.807) is 14.0 Å². The number of amides is 1. The Morgan fingerprint density at radius 3 is 2.86 bits per heavy atom. The summed E-state index contributed by atoms with van der Waals surface area (Å²) >= 11 is 0. The van der Waals surface area contributed by atoms with Crippen LogP contribution in [0.3, 0.4) is 0 Å². The summed E-state index contributed by atoms with van der Waals surface area (Å²) in [5.41, 5.74) is 9.49. The fourth-order valence-corrected chi connectivity index (χ4v) is 3.93. The normalized spacial score (nSPS) is 27.5. The number of likely N-dealkylation sites (tertiary alicyclic amines) is 1. The van der Waals surface area contributed by atoms with Gasteiger partial charge < -0.3 is 19.5 Å². The van der Waals surface area contributed by atoms with Gasteiger partial charge in [-0.25, -0.2) is 4.79 Å². The van der Waals surface area contributed by atoms with Gasteiger partial charge in [0.05, 0.1) is 38.0 Å². The molecule has 4 atom stereocenters. The van der Waals surface area contributed by atoms with Crippen LogP contribution in [-0.4, -0.2) is 81.0 Å². The lowest BCUT2D eigenvalue weighted by atomic mass is 9.85. The van der Waals surface area contributed by atoms with Gasteiger partial charge in [0.15, 0.2) is 0 Å². The average Bonchev–Trinajstić information content (AvgIpc) is 2.69. The second kappa shape index (κ2) is 11.8. The number of methoxy groups -OCH3 is 1. The van der Waals surface area contributed by atoms with E-state index in [1.165, 1.54) is 6.92 Å². The van der Waals surface area contributed by atoms with Crippen LogP contribution in [0.1, 0.15) is 33.1 Å². The topological polar surface area (TPSA) is 126 Å². The first kappa shape index (κ1) is 23.2. The largest absolute Gasteiger partial charge is 0.463 e. The standard InChI is InChI=1S/C19H31N5O5/c1-4-28-19(26)14-10-16(22-23-20)18(21-13(2)25)17(11-14)24-7-5-6-15(12-24)29-9-8-27-3/h11,15-18H,4-10,12H2,1-3H3,(H,21,25)/t15-,16?,17-,18-/m1/s1. The number of carbonyl (C=O) groups is 2. The number of hydrogen-bond donors (Lipinski definition) is 1. The van der Waals surface area contributed by atoms with E-state index in [9.17, 15) is 9.59 Å². The van der Waals surface area contributed by atoms with Crippen molar-refractivity contribution in [3.63, 3.8) is 0 Å². The summed E-state index contributed by atoms with van der Waals surface area (Å²) in [6.45, 7) is 5.93. The minimum atomic E-state index is -0.576. The van der Waals surface area contributed by atoms with Crippen molar-refractivity contribution in [2.45, 2.75) is 57.3 Å². The highest BCUT2D eigenvalue weighted by atomic mass is 16.5. The zero-order valence-electron chi connectivity index (χ0n) is 17.4. The number of esters is 1. The Balaban J connectivity index is 2.27. The molecule has 10 heteroatoms. The summed E-state index contributed by atoms with van der Waals surface area (Å²) in [6, 6.07) is -1.30. The molecule has 0 saturated carbocycles. The third-order valence-electron chi connectivity index (χ3n) is 5.16. The molecule has 162 valence electrons. The minimum absolute atomic E-state index is 0.0381. The molecular weight excluding hydrogens is 378 g/mol. The molecule has 1 fully saturated rings. The van der Waals surface area contributed by atoms with E-state index in [0.717, 1.165) is 19.4 Å². The molecule has 0 aromatic heterocycles. The maximum Gasteiger partial charge on any atom is 0.333 e. The van der Waals surface area contributed by atoms with Crippen molar-refractivity contribution in [1.82, 2.24) is 10.2 Å². The van der Waals surface area contributed by atoms with Crippen LogP contribution in [0.25, 0.3) is 10.4 Å². The van der Waals surface area contributed by atoms with E-state index in [4.69, 9.17) is 19.7 Å². The third-order valence-corrected chi connectivity index (χ3v) is 5.16. The molecule has 1 heterocycles. The number of nitrogens with one attached hydrogen (secondary N) is 1. The molecule has 0 radical (unpaired) electrons. The van der Waals surface area contributed by atoms with Gasteiger partial charge in [0, 0.05) is 37.1 Å². The van der Waals surface area contributed by atoms with E-state index >= 15 is 0 Å². The first-order valence-electron chi connectivity index (χ1n) is 10.0. The molecule has 0 spiro atoms. The Labute approximate surface area is 171 Å².